The number of esters is 2. The summed E-state index contributed by atoms with van der Waals surface area (Å²) in [5.74, 6) is -1.54. The molecular weight excluding hydrogens is 691 g/mol. The number of hydrogen-bond donors (Lipinski definition) is 1. The summed E-state index contributed by atoms with van der Waals surface area (Å²) in [5.41, 5.74) is 0. The molecular formula is C47H88NO7+. The van der Waals surface area contributed by atoms with Crippen LogP contribution in [0.2, 0.25) is 0 Å². The van der Waals surface area contributed by atoms with Gasteiger partial charge in [0.1, 0.15) is 6.61 Å². The van der Waals surface area contributed by atoms with Crippen LogP contribution in [0.25, 0.3) is 0 Å². The predicted molar refractivity (Wildman–Crippen MR) is 229 cm³/mol. The fourth-order valence-electron chi connectivity index (χ4n) is 6.79. The molecule has 0 aromatic heterocycles. The third kappa shape index (κ3) is 37.2. The lowest BCUT2D eigenvalue weighted by Gasteiger charge is -2.31. The second-order valence-electron chi connectivity index (χ2n) is 16.7. The topological polar surface area (TPSA) is 99.1 Å². The fraction of sp³-hybridized carbons (Fsp3) is 0.851. The molecule has 55 heavy (non-hydrogen) atoms. The Balaban J connectivity index is 4.34. The van der Waals surface area contributed by atoms with Crippen LogP contribution in [0.3, 0.4) is 0 Å². The molecule has 0 heterocycles. The molecule has 0 aromatic rings. The monoisotopic (exact) mass is 779 g/mol. The maximum Gasteiger partial charge on any atom is 0.362 e. The quantitative estimate of drug-likeness (QED) is 0.0285. The van der Waals surface area contributed by atoms with E-state index in [0.717, 1.165) is 32.1 Å². The summed E-state index contributed by atoms with van der Waals surface area (Å²) >= 11 is 0. The highest BCUT2D eigenvalue weighted by Crippen LogP contribution is 2.16. The smallest absolute Gasteiger partial charge is 0.362 e. The van der Waals surface area contributed by atoms with E-state index in [4.69, 9.17) is 14.2 Å². The summed E-state index contributed by atoms with van der Waals surface area (Å²) in [7, 11) is 5.52. The average Bonchev–Trinajstić information content (AvgIpc) is 3.14. The predicted octanol–water partition coefficient (Wildman–Crippen LogP) is 12.5. The molecule has 0 aliphatic carbocycles. The van der Waals surface area contributed by atoms with Crippen LogP contribution in [0.5, 0.6) is 0 Å². The number of ether oxygens (including phenoxy) is 3. The zero-order chi connectivity index (χ0) is 40.7. The molecule has 0 aliphatic heterocycles. The van der Waals surface area contributed by atoms with E-state index in [9.17, 15) is 19.5 Å². The molecule has 2 unspecified atom stereocenters. The van der Waals surface area contributed by atoms with Gasteiger partial charge in [0.15, 0.2) is 12.1 Å². The molecule has 8 nitrogen and oxygen atoms in total. The molecule has 0 saturated carbocycles. The Labute approximate surface area is 339 Å². The zero-order valence-corrected chi connectivity index (χ0v) is 36.6. The van der Waals surface area contributed by atoms with Gasteiger partial charge in [-0.25, -0.2) is 4.79 Å². The second kappa shape index (κ2) is 38.7. The van der Waals surface area contributed by atoms with E-state index in [1.807, 2.05) is 27.2 Å². The Morgan fingerprint density at radius 3 is 1.47 bits per heavy atom. The maximum atomic E-state index is 12.7. The molecule has 0 saturated heterocycles. The number of carbonyl (C=O) groups excluding carboxylic acids is 2. The maximum absolute atomic E-state index is 12.7. The number of likely N-dealkylation sites (N-methyl/N-ethyl adjacent to an activating group) is 1. The van der Waals surface area contributed by atoms with Gasteiger partial charge in [0.25, 0.3) is 0 Å². The van der Waals surface area contributed by atoms with Crippen LogP contribution < -0.4 is 0 Å². The minimum atomic E-state index is -0.879. The van der Waals surface area contributed by atoms with Gasteiger partial charge in [0, 0.05) is 19.3 Å². The van der Waals surface area contributed by atoms with Crippen LogP contribution in [-0.4, -0.2) is 80.6 Å². The van der Waals surface area contributed by atoms with Crippen molar-refractivity contribution in [2.75, 3.05) is 41.0 Å². The summed E-state index contributed by atoms with van der Waals surface area (Å²) in [4.78, 5) is 36.9. The summed E-state index contributed by atoms with van der Waals surface area (Å²) in [6, 6.07) is -0.618. The average molecular weight is 779 g/mol. The van der Waals surface area contributed by atoms with Crippen molar-refractivity contribution in [3.8, 4) is 0 Å². The van der Waals surface area contributed by atoms with E-state index >= 15 is 0 Å². The van der Waals surface area contributed by atoms with Crippen molar-refractivity contribution < 1.29 is 38.2 Å². The van der Waals surface area contributed by atoms with Gasteiger partial charge in [-0.15, -0.1) is 0 Å². The first-order valence-electron chi connectivity index (χ1n) is 22.9. The number of quaternary nitrogens is 1. The molecule has 1 N–H and O–H groups in total. The molecule has 8 heteroatoms. The highest BCUT2D eigenvalue weighted by atomic mass is 16.6. The Morgan fingerprint density at radius 2 is 1.00 bits per heavy atom. The summed E-state index contributed by atoms with van der Waals surface area (Å²) in [6.07, 6.45) is 42.4. The number of nitrogens with zero attached hydrogens (tertiary/aromatic N) is 1. The van der Waals surface area contributed by atoms with Gasteiger partial charge in [0.05, 0.1) is 34.4 Å². The Bertz CT molecular complexity index is 957. The first kappa shape index (κ1) is 52.8. The van der Waals surface area contributed by atoms with Crippen molar-refractivity contribution in [1.29, 1.82) is 0 Å². The molecule has 0 radical (unpaired) electrons. The molecule has 0 aliphatic rings. The molecule has 0 fully saturated rings. The molecule has 0 bridgehead atoms. The van der Waals surface area contributed by atoms with Gasteiger partial charge in [-0.1, -0.05) is 179 Å². The van der Waals surface area contributed by atoms with Crippen molar-refractivity contribution in [1.82, 2.24) is 0 Å². The minimum Gasteiger partial charge on any atom is -0.477 e. The number of aliphatic carboxylic acids is 1. The van der Waals surface area contributed by atoms with Crippen molar-refractivity contribution in [3.05, 3.63) is 24.3 Å². The van der Waals surface area contributed by atoms with Gasteiger partial charge >= 0.3 is 17.9 Å². The third-order valence-electron chi connectivity index (χ3n) is 10.4. The number of hydrogen-bond acceptors (Lipinski definition) is 6. The van der Waals surface area contributed by atoms with Crippen LogP contribution >= 0.6 is 0 Å². The number of allylic oxidation sites excluding steroid dienone is 4. The van der Waals surface area contributed by atoms with Gasteiger partial charge < -0.3 is 23.8 Å². The van der Waals surface area contributed by atoms with E-state index in [2.05, 4.69) is 32.1 Å². The first-order valence-corrected chi connectivity index (χ1v) is 22.9. The molecule has 0 rings (SSSR count). The lowest BCUT2D eigenvalue weighted by molar-refractivity contribution is -0.887. The lowest BCUT2D eigenvalue weighted by atomic mass is 10.0. The van der Waals surface area contributed by atoms with Gasteiger partial charge in [-0.05, 0) is 32.1 Å². The van der Waals surface area contributed by atoms with E-state index in [1.54, 1.807) is 0 Å². The Hall–Kier alpha value is -2.19. The van der Waals surface area contributed by atoms with Gasteiger partial charge in [0.2, 0.25) is 0 Å². The third-order valence-corrected chi connectivity index (χ3v) is 10.4. The van der Waals surface area contributed by atoms with Crippen LogP contribution in [0, 0.1) is 0 Å². The van der Waals surface area contributed by atoms with E-state index < -0.39 is 18.1 Å². The fourth-order valence-corrected chi connectivity index (χ4v) is 6.79. The number of rotatable bonds is 41. The minimum absolute atomic E-state index is 0.0482. The van der Waals surface area contributed by atoms with E-state index in [-0.39, 0.29) is 42.7 Å². The van der Waals surface area contributed by atoms with E-state index in [0.29, 0.717) is 19.3 Å². The van der Waals surface area contributed by atoms with Crippen LogP contribution in [0.1, 0.15) is 206 Å². The number of unbranched alkanes of at least 4 members (excludes halogenated alkanes) is 23. The van der Waals surface area contributed by atoms with E-state index in [1.165, 1.54) is 135 Å². The largest absolute Gasteiger partial charge is 0.477 e. The van der Waals surface area contributed by atoms with Gasteiger partial charge in [-0.2, -0.15) is 0 Å². The molecule has 2 atom stereocenters. The van der Waals surface area contributed by atoms with Crippen molar-refractivity contribution in [3.63, 3.8) is 0 Å². The number of carboxylic acid groups (broad SMARTS) is 1. The molecule has 0 aromatic carbocycles. The number of carbonyl (C=O) groups is 3. The molecule has 322 valence electrons. The molecule has 0 spiro atoms. The van der Waals surface area contributed by atoms with Crippen LogP contribution in [0.4, 0.5) is 0 Å². The Kier molecular flexibility index (Phi) is 37.1. The lowest BCUT2D eigenvalue weighted by Crippen LogP contribution is -2.50. The zero-order valence-electron chi connectivity index (χ0n) is 36.6. The van der Waals surface area contributed by atoms with Crippen LogP contribution in [-0.2, 0) is 28.6 Å². The standard InChI is InChI=1S/C47H87NO7/c1-6-8-10-12-14-16-18-20-21-22-23-24-26-28-30-32-34-36-38-46(50)55-43(41-53-40-39-44(47(51)52)48(3,4)5)42-54-45(49)37-35-33-31-29-27-25-19-17-15-13-11-9-7-2/h25,27,31,33,43-44H,6-24,26,28-30,32,34-42H2,1-5H3/p+1/b27-25+,33-31+. The van der Waals surface area contributed by atoms with Crippen molar-refractivity contribution >= 4 is 17.9 Å². The molecule has 0 amide bonds. The van der Waals surface area contributed by atoms with Crippen molar-refractivity contribution in [2.45, 2.75) is 219 Å². The summed E-state index contributed by atoms with van der Waals surface area (Å²) in [5, 5.41) is 9.62. The summed E-state index contributed by atoms with van der Waals surface area (Å²) in [6.45, 7) is 4.69. The van der Waals surface area contributed by atoms with Crippen LogP contribution in [0.15, 0.2) is 24.3 Å². The van der Waals surface area contributed by atoms with Gasteiger partial charge in [-0.3, -0.25) is 9.59 Å². The highest BCUT2D eigenvalue weighted by Gasteiger charge is 2.31. The number of carboxylic acids is 1. The van der Waals surface area contributed by atoms with Crippen molar-refractivity contribution in [2.24, 2.45) is 0 Å². The Morgan fingerprint density at radius 1 is 0.545 bits per heavy atom. The first-order chi connectivity index (χ1) is 26.6. The highest BCUT2D eigenvalue weighted by molar-refractivity contribution is 5.72. The normalized spacial score (nSPS) is 13.1. The second-order valence-corrected chi connectivity index (χ2v) is 16.7. The summed E-state index contributed by atoms with van der Waals surface area (Å²) < 4.78 is 17.2. The SMILES string of the molecule is CCCCCCCC/C=C/C/C=C/CCC(=O)OCC(COCCC(C(=O)O)[N+](C)(C)C)OC(=O)CCCCCCCCCCCCCCCCCCCC.